The van der Waals surface area contributed by atoms with Gasteiger partial charge < -0.3 is 14.7 Å². The summed E-state index contributed by atoms with van der Waals surface area (Å²) < 4.78 is 0. The second kappa shape index (κ2) is 13.3. The minimum absolute atomic E-state index is 0.0945. The highest BCUT2D eigenvalue weighted by atomic mass is 16.2. The lowest BCUT2D eigenvalue weighted by molar-refractivity contribution is -0.138. The molecule has 1 amide bonds. The average molecular weight is 624 g/mol. The number of hydrogen-bond donors (Lipinski definition) is 0. The first kappa shape index (κ1) is 30.5. The Morgan fingerprint density at radius 3 is 2.13 bits per heavy atom. The van der Waals surface area contributed by atoms with Gasteiger partial charge in [-0.2, -0.15) is 0 Å². The monoisotopic (exact) mass is 623 g/mol. The molecule has 47 heavy (non-hydrogen) atoms. The van der Waals surface area contributed by atoms with Crippen LogP contribution < -0.4 is 14.7 Å². The van der Waals surface area contributed by atoms with Crippen molar-refractivity contribution in [1.82, 2.24) is 9.88 Å². The van der Waals surface area contributed by atoms with Crippen LogP contribution >= 0.6 is 0 Å². The number of nitrogens with zero attached hydrogens (tertiary/aromatic N) is 5. The maximum Gasteiger partial charge on any atom is 0.301 e. The zero-order chi connectivity index (χ0) is 32.3. The number of ketones is 1. The van der Waals surface area contributed by atoms with Crippen molar-refractivity contribution < 1.29 is 9.59 Å². The van der Waals surface area contributed by atoms with Gasteiger partial charge in [0.05, 0.1) is 0 Å². The molecule has 2 saturated heterocycles. The zero-order valence-electron chi connectivity index (χ0n) is 27.1. The Balaban J connectivity index is 1.14. The smallest absolute Gasteiger partial charge is 0.301 e. The number of hydrogen-bond acceptors (Lipinski definition) is 6. The molecule has 0 spiro atoms. The number of para-hydroxylation sites is 1. The van der Waals surface area contributed by atoms with E-state index in [0.29, 0.717) is 17.9 Å². The van der Waals surface area contributed by atoms with Gasteiger partial charge in [0, 0.05) is 67.1 Å². The Morgan fingerprint density at radius 2 is 1.43 bits per heavy atom. The number of fused-ring (bicyclic) bond motifs is 1. The Hall–Kier alpha value is -5.17. The molecule has 7 nitrogen and oxygen atoms in total. The quantitative estimate of drug-likeness (QED) is 0.208. The molecule has 7 heteroatoms. The number of aryl methyl sites for hydroxylation is 2. The first-order valence-electron chi connectivity index (χ1n) is 16.6. The summed E-state index contributed by atoms with van der Waals surface area (Å²) >= 11 is 0. The van der Waals surface area contributed by atoms with Gasteiger partial charge in [0.2, 0.25) is 5.78 Å². The van der Waals surface area contributed by atoms with E-state index in [1.807, 2.05) is 67.6 Å². The van der Waals surface area contributed by atoms with E-state index in [-0.39, 0.29) is 11.7 Å². The fraction of sp³-hybridized carbons (Fsp3) is 0.275. The molecule has 238 valence electrons. The lowest BCUT2D eigenvalue weighted by Crippen LogP contribution is -2.47. The second-order valence-corrected chi connectivity index (χ2v) is 12.7. The van der Waals surface area contributed by atoms with E-state index in [2.05, 4.69) is 76.2 Å². The van der Waals surface area contributed by atoms with Crippen LogP contribution in [0.15, 0.2) is 121 Å². The first-order valence-corrected chi connectivity index (χ1v) is 16.6. The Morgan fingerprint density at radius 1 is 0.766 bits per heavy atom. The molecule has 3 aliphatic rings. The van der Waals surface area contributed by atoms with Crippen molar-refractivity contribution in [2.24, 2.45) is 0 Å². The maximum atomic E-state index is 14.5. The summed E-state index contributed by atoms with van der Waals surface area (Å²) in [6.07, 6.45) is 7.87. The van der Waals surface area contributed by atoms with Crippen LogP contribution in [0.1, 0.15) is 35.6 Å². The molecule has 2 fully saturated rings. The number of carbonyl (C=O) groups excluding carboxylic acids is 2. The van der Waals surface area contributed by atoms with Crippen LogP contribution in [-0.4, -0.2) is 60.3 Å². The lowest BCUT2D eigenvalue weighted by Gasteiger charge is -2.37. The van der Waals surface area contributed by atoms with Gasteiger partial charge >= 0.3 is 5.91 Å². The molecule has 7 rings (SSSR count). The molecule has 4 heterocycles. The van der Waals surface area contributed by atoms with Gasteiger partial charge in [-0.1, -0.05) is 60.7 Å². The van der Waals surface area contributed by atoms with Gasteiger partial charge in [-0.3, -0.25) is 14.5 Å². The van der Waals surface area contributed by atoms with Crippen LogP contribution in [0, 0.1) is 13.8 Å². The third kappa shape index (κ3) is 6.30. The fourth-order valence-electron chi connectivity index (χ4n) is 7.30. The predicted octanol–water partition coefficient (Wildman–Crippen LogP) is 6.96. The molecule has 3 aliphatic heterocycles. The first-order chi connectivity index (χ1) is 23.0. The van der Waals surface area contributed by atoms with E-state index in [1.165, 1.54) is 5.56 Å². The summed E-state index contributed by atoms with van der Waals surface area (Å²) in [5.41, 5.74) is 6.92. The van der Waals surface area contributed by atoms with Crippen molar-refractivity contribution in [2.45, 2.75) is 38.6 Å². The summed E-state index contributed by atoms with van der Waals surface area (Å²) in [5, 5.41) is 0. The highest BCUT2D eigenvalue weighted by molar-refractivity contribution is 6.44. The third-order valence-electron chi connectivity index (χ3n) is 9.56. The predicted molar refractivity (Wildman–Crippen MR) is 189 cm³/mol. The summed E-state index contributed by atoms with van der Waals surface area (Å²) in [4.78, 5) is 42.2. The largest absolute Gasteiger partial charge is 0.368 e. The van der Waals surface area contributed by atoms with E-state index in [1.54, 1.807) is 4.90 Å². The van der Waals surface area contributed by atoms with Crippen LogP contribution in [-0.2, 0) is 9.59 Å². The second-order valence-electron chi connectivity index (χ2n) is 12.7. The van der Waals surface area contributed by atoms with Gasteiger partial charge in [0.25, 0.3) is 0 Å². The molecule has 0 aliphatic carbocycles. The van der Waals surface area contributed by atoms with Gasteiger partial charge in [-0.15, -0.1) is 0 Å². The van der Waals surface area contributed by atoms with Gasteiger partial charge in [0.1, 0.15) is 11.9 Å². The van der Waals surface area contributed by atoms with Crippen molar-refractivity contribution in [3.63, 3.8) is 0 Å². The molecule has 1 aromatic heterocycles. The van der Waals surface area contributed by atoms with Gasteiger partial charge in [-0.05, 0) is 92.4 Å². The molecule has 3 aromatic carbocycles. The summed E-state index contributed by atoms with van der Waals surface area (Å²) in [6, 6.07) is 31.4. The lowest BCUT2D eigenvalue weighted by atomic mass is 9.88. The SMILES string of the molecule is Cc1cc(C)nc(N2CCN(c3ccc(N(C(=O)C(=O)C4C(c5ccccc5)CC5=CC=CCCN54)c4ccccc4)cc3)CC2)c1. The number of Topliss-reactive ketones (excluding diaryl/α,β-unsaturated/α-hetero) is 1. The van der Waals surface area contributed by atoms with Crippen molar-refractivity contribution in [1.29, 1.82) is 0 Å². The molecular weight excluding hydrogens is 582 g/mol. The third-order valence-corrected chi connectivity index (χ3v) is 9.56. The number of piperazine rings is 1. The Kier molecular flexibility index (Phi) is 8.62. The summed E-state index contributed by atoms with van der Waals surface area (Å²) in [6.45, 7) is 8.38. The number of pyridine rings is 1. The molecule has 0 saturated carbocycles. The minimum Gasteiger partial charge on any atom is -0.368 e. The normalized spacial score (nSPS) is 19.2. The minimum atomic E-state index is -0.565. The number of benzene rings is 3. The number of carbonyl (C=O) groups is 2. The standard InChI is InChI=1S/C40H41N5O2/c1-29-26-30(2)41-37(27-29)43-24-22-42(23-25-43)32-17-19-34(20-18-32)45(33-14-8-4-9-15-33)40(47)39(46)38-36(31-12-6-3-7-13-31)28-35-16-10-5-11-21-44(35)38/h3-10,12-20,26-27,36,38H,11,21-25,28H2,1-2H3. The molecule has 0 N–H and O–H groups in total. The topological polar surface area (TPSA) is 60.0 Å². The summed E-state index contributed by atoms with van der Waals surface area (Å²) in [7, 11) is 0. The number of rotatable bonds is 7. The van der Waals surface area contributed by atoms with Crippen LogP contribution in [0.5, 0.6) is 0 Å². The van der Waals surface area contributed by atoms with Crippen molar-refractivity contribution in [3.8, 4) is 0 Å². The van der Waals surface area contributed by atoms with Crippen LogP contribution in [0.3, 0.4) is 0 Å². The van der Waals surface area contributed by atoms with E-state index in [0.717, 1.165) is 67.5 Å². The molecule has 0 bridgehead atoms. The van der Waals surface area contributed by atoms with Crippen LogP contribution in [0.2, 0.25) is 0 Å². The van der Waals surface area contributed by atoms with Crippen molar-refractivity contribution >= 4 is 34.6 Å². The van der Waals surface area contributed by atoms with Crippen LogP contribution in [0.4, 0.5) is 22.9 Å². The van der Waals surface area contributed by atoms with Crippen molar-refractivity contribution in [2.75, 3.05) is 47.4 Å². The average Bonchev–Trinajstić information content (AvgIpc) is 3.30. The number of allylic oxidation sites excluding steroid dienone is 3. The molecular formula is C40H41N5O2. The van der Waals surface area contributed by atoms with Gasteiger partial charge in [0.15, 0.2) is 0 Å². The van der Waals surface area contributed by atoms with Gasteiger partial charge in [-0.25, -0.2) is 4.98 Å². The van der Waals surface area contributed by atoms with E-state index < -0.39 is 11.9 Å². The number of aromatic nitrogens is 1. The van der Waals surface area contributed by atoms with E-state index >= 15 is 0 Å². The molecule has 2 unspecified atom stereocenters. The summed E-state index contributed by atoms with van der Waals surface area (Å²) in [5.74, 6) is 0.0501. The number of amides is 1. The zero-order valence-corrected chi connectivity index (χ0v) is 27.1. The van der Waals surface area contributed by atoms with Crippen molar-refractivity contribution in [3.05, 3.63) is 138 Å². The van der Waals surface area contributed by atoms with Crippen LogP contribution in [0.25, 0.3) is 0 Å². The highest BCUT2D eigenvalue weighted by Crippen LogP contribution is 2.42. The fourth-order valence-corrected chi connectivity index (χ4v) is 7.30. The highest BCUT2D eigenvalue weighted by Gasteiger charge is 2.46. The molecule has 4 aromatic rings. The Labute approximate surface area is 277 Å². The molecule has 2 atom stereocenters. The van der Waals surface area contributed by atoms with E-state index in [9.17, 15) is 9.59 Å². The van der Waals surface area contributed by atoms with E-state index in [4.69, 9.17) is 4.98 Å². The number of anilines is 4. The molecule has 0 radical (unpaired) electrons. The maximum absolute atomic E-state index is 14.5. The Bertz CT molecular complexity index is 1770.